The van der Waals surface area contributed by atoms with Crippen LogP contribution in [0.5, 0.6) is 5.75 Å². The van der Waals surface area contributed by atoms with Crippen molar-refractivity contribution in [3.8, 4) is 5.75 Å². The molecule has 0 aliphatic rings. The molecule has 6 nitrogen and oxygen atoms in total. The van der Waals surface area contributed by atoms with Crippen molar-refractivity contribution in [2.75, 3.05) is 0 Å². The highest BCUT2D eigenvalue weighted by atomic mass is 28.4. The predicted molar refractivity (Wildman–Crippen MR) is 136 cm³/mol. The van der Waals surface area contributed by atoms with Gasteiger partial charge in [-0.15, -0.1) is 0 Å². The van der Waals surface area contributed by atoms with Crippen LogP contribution in [-0.2, 0) is 31.5 Å². The monoisotopic (exact) mass is 539 g/mol. The number of alkyl halides is 3. The Morgan fingerprint density at radius 2 is 1.54 bits per heavy atom. The van der Waals surface area contributed by atoms with Crippen LogP contribution in [0.1, 0.15) is 77.0 Å². The highest BCUT2D eigenvalue weighted by Gasteiger charge is 2.41. The minimum atomic E-state index is -4.49. The first-order valence-corrected chi connectivity index (χ1v) is 14.8. The van der Waals surface area contributed by atoms with Crippen molar-refractivity contribution in [3.63, 3.8) is 0 Å². The molecule has 10 heteroatoms. The van der Waals surface area contributed by atoms with E-state index in [-0.39, 0.29) is 23.1 Å². The van der Waals surface area contributed by atoms with E-state index in [1.807, 2.05) is 33.9 Å². The number of ether oxygens (including phenoxy) is 2. The van der Waals surface area contributed by atoms with Gasteiger partial charge in [-0.2, -0.15) is 13.2 Å². The van der Waals surface area contributed by atoms with Gasteiger partial charge in [0.1, 0.15) is 12.3 Å². The summed E-state index contributed by atoms with van der Waals surface area (Å²) in [5, 5.41) is -0.225. The summed E-state index contributed by atoms with van der Waals surface area (Å²) in [6.45, 7) is 16.3. The minimum Gasteiger partial charge on any atom is -0.459 e. The van der Waals surface area contributed by atoms with E-state index in [0.717, 1.165) is 12.1 Å². The Morgan fingerprint density at radius 1 is 0.973 bits per heavy atom. The number of carbonyl (C=O) groups is 2. The van der Waals surface area contributed by atoms with Crippen molar-refractivity contribution in [2.24, 2.45) is 5.41 Å². The second-order valence-electron chi connectivity index (χ2n) is 11.5. The zero-order valence-electron chi connectivity index (χ0n) is 22.9. The summed E-state index contributed by atoms with van der Waals surface area (Å²) < 4.78 is 57.3. The number of carbonyl (C=O) groups excluding carboxylic acids is 2. The molecule has 0 aliphatic carbocycles. The molecule has 204 valence electrons. The fraction of sp³-hybridized carbons (Fsp3) is 0.519. The molecule has 37 heavy (non-hydrogen) atoms. The zero-order chi connectivity index (χ0) is 28.4. The summed E-state index contributed by atoms with van der Waals surface area (Å²) in [6, 6.07) is 6.31. The quantitative estimate of drug-likeness (QED) is 0.273. The molecule has 0 spiro atoms. The topological polar surface area (TPSA) is 74.7 Å². The molecule has 0 saturated carbocycles. The molecule has 0 bridgehead atoms. The number of halogens is 3. The molecule has 0 unspecified atom stereocenters. The number of rotatable bonds is 7. The lowest BCUT2D eigenvalue weighted by Crippen LogP contribution is -2.42. The third-order valence-corrected chi connectivity index (χ3v) is 10.7. The van der Waals surface area contributed by atoms with Crippen LogP contribution in [0.25, 0.3) is 0 Å². The standard InChI is InChI=1S/C27H36F3NO5Si/c1-17(32)35-23-20(14-15-31-21(23)16-34-24(33)25(2,3)4)22(36-37(8,9)26(5,6)7)18-10-12-19(13-11-18)27(28,29)30/h10-15,22H,16H2,1-9H3/t22-/m1/s1. The van der Waals surface area contributed by atoms with Gasteiger partial charge in [-0.1, -0.05) is 32.9 Å². The molecule has 0 radical (unpaired) electrons. The molecular formula is C27H36F3NO5Si. The summed E-state index contributed by atoms with van der Waals surface area (Å²) in [6.07, 6.45) is -3.88. The van der Waals surface area contributed by atoms with E-state index in [2.05, 4.69) is 4.98 Å². The molecule has 0 saturated heterocycles. The molecule has 1 heterocycles. The SMILES string of the molecule is CC(=O)Oc1c([C@H](O[Si](C)(C)C(C)(C)C)c2ccc(C(F)(F)F)cc2)ccnc1COC(=O)C(C)(C)C. The maximum absolute atomic E-state index is 13.2. The van der Waals surface area contributed by atoms with Crippen LogP contribution in [0.3, 0.4) is 0 Å². The van der Waals surface area contributed by atoms with Crippen LogP contribution in [0.2, 0.25) is 18.1 Å². The number of esters is 2. The Labute approximate surface area is 217 Å². The van der Waals surface area contributed by atoms with Crippen LogP contribution in [0, 0.1) is 5.41 Å². The largest absolute Gasteiger partial charge is 0.459 e. The second kappa shape index (κ2) is 10.9. The maximum Gasteiger partial charge on any atom is 0.416 e. The number of nitrogens with zero attached hydrogens (tertiary/aromatic N) is 1. The first-order chi connectivity index (χ1) is 16.7. The molecule has 2 aromatic rings. The lowest BCUT2D eigenvalue weighted by Gasteiger charge is -2.40. The van der Waals surface area contributed by atoms with E-state index < -0.39 is 43.5 Å². The minimum absolute atomic E-state index is 0.0558. The average molecular weight is 540 g/mol. The molecular weight excluding hydrogens is 503 g/mol. The number of hydrogen-bond acceptors (Lipinski definition) is 6. The first-order valence-electron chi connectivity index (χ1n) is 11.9. The summed E-state index contributed by atoms with van der Waals surface area (Å²) in [4.78, 5) is 28.7. The molecule has 1 aromatic carbocycles. The van der Waals surface area contributed by atoms with Crippen molar-refractivity contribution in [2.45, 2.75) is 85.5 Å². The van der Waals surface area contributed by atoms with E-state index in [1.54, 1.807) is 26.8 Å². The van der Waals surface area contributed by atoms with Crippen LogP contribution in [0.15, 0.2) is 36.5 Å². The summed E-state index contributed by atoms with van der Waals surface area (Å²) >= 11 is 0. The number of benzene rings is 1. The van der Waals surface area contributed by atoms with Crippen LogP contribution in [-0.4, -0.2) is 25.2 Å². The van der Waals surface area contributed by atoms with E-state index in [1.165, 1.54) is 25.3 Å². The number of pyridine rings is 1. The van der Waals surface area contributed by atoms with Gasteiger partial charge in [-0.05, 0) is 62.7 Å². The second-order valence-corrected chi connectivity index (χ2v) is 16.2. The molecule has 2 rings (SSSR count). The van der Waals surface area contributed by atoms with E-state index in [0.29, 0.717) is 11.1 Å². The maximum atomic E-state index is 13.2. The molecule has 1 atom stereocenters. The van der Waals surface area contributed by atoms with Crippen molar-refractivity contribution < 1.29 is 36.7 Å². The normalized spacial score (nSPS) is 13.7. The summed E-state index contributed by atoms with van der Waals surface area (Å²) in [5.74, 6) is -1.04. The fourth-order valence-electron chi connectivity index (χ4n) is 3.06. The van der Waals surface area contributed by atoms with Gasteiger partial charge in [-0.25, -0.2) is 0 Å². The Bertz CT molecular complexity index is 1120. The Hall–Kier alpha value is -2.72. The van der Waals surface area contributed by atoms with Crippen molar-refractivity contribution >= 4 is 20.3 Å². The average Bonchev–Trinajstić information content (AvgIpc) is 2.74. The third-order valence-electron chi connectivity index (χ3n) is 6.25. The van der Waals surface area contributed by atoms with E-state index in [9.17, 15) is 22.8 Å². The van der Waals surface area contributed by atoms with Crippen LogP contribution in [0.4, 0.5) is 13.2 Å². The van der Waals surface area contributed by atoms with Gasteiger partial charge < -0.3 is 13.9 Å². The number of aromatic nitrogens is 1. The molecule has 0 aliphatic heterocycles. The highest BCUT2D eigenvalue weighted by Crippen LogP contribution is 2.44. The summed E-state index contributed by atoms with van der Waals surface area (Å²) in [7, 11) is -2.49. The fourth-order valence-corrected chi connectivity index (χ4v) is 4.26. The van der Waals surface area contributed by atoms with Gasteiger partial charge in [0.25, 0.3) is 0 Å². The van der Waals surface area contributed by atoms with Gasteiger partial charge in [0, 0.05) is 18.7 Å². The van der Waals surface area contributed by atoms with Gasteiger partial charge in [0.15, 0.2) is 14.1 Å². The van der Waals surface area contributed by atoms with E-state index >= 15 is 0 Å². The lowest BCUT2D eigenvalue weighted by atomic mass is 9.97. The zero-order valence-corrected chi connectivity index (χ0v) is 23.9. The van der Waals surface area contributed by atoms with Crippen molar-refractivity contribution in [1.82, 2.24) is 4.98 Å². The summed E-state index contributed by atoms with van der Waals surface area (Å²) in [5.41, 5.74) is -0.493. The molecule has 1 aromatic heterocycles. The van der Waals surface area contributed by atoms with E-state index in [4.69, 9.17) is 13.9 Å². The highest BCUT2D eigenvalue weighted by molar-refractivity contribution is 6.74. The molecule has 0 amide bonds. The predicted octanol–water partition coefficient (Wildman–Crippen LogP) is 7.23. The van der Waals surface area contributed by atoms with Gasteiger partial charge in [0.2, 0.25) is 0 Å². The van der Waals surface area contributed by atoms with Gasteiger partial charge >= 0.3 is 18.1 Å². The van der Waals surface area contributed by atoms with Crippen molar-refractivity contribution in [1.29, 1.82) is 0 Å². The Balaban J connectivity index is 2.68. The Kier molecular flexibility index (Phi) is 9.02. The van der Waals surface area contributed by atoms with Crippen LogP contribution < -0.4 is 4.74 Å². The first kappa shape index (κ1) is 30.5. The van der Waals surface area contributed by atoms with Gasteiger partial charge in [0.05, 0.1) is 17.1 Å². The van der Waals surface area contributed by atoms with Gasteiger partial charge in [-0.3, -0.25) is 14.6 Å². The molecule has 0 fully saturated rings. The lowest BCUT2D eigenvalue weighted by molar-refractivity contribution is -0.154. The smallest absolute Gasteiger partial charge is 0.416 e. The van der Waals surface area contributed by atoms with Crippen LogP contribution >= 0.6 is 0 Å². The van der Waals surface area contributed by atoms with Crippen molar-refractivity contribution in [3.05, 3.63) is 58.9 Å². The number of hydrogen-bond donors (Lipinski definition) is 0. The Morgan fingerprint density at radius 3 is 2.00 bits per heavy atom. The third kappa shape index (κ3) is 7.88. The molecule has 0 N–H and O–H groups in total.